The second kappa shape index (κ2) is 4.22. The molecule has 0 saturated carbocycles. The zero-order chi connectivity index (χ0) is 10.9. The molecule has 1 heterocycles. The molecule has 3 heteroatoms. The molecule has 0 bridgehead atoms. The van der Waals surface area contributed by atoms with Gasteiger partial charge in [-0.05, 0) is 13.8 Å². The summed E-state index contributed by atoms with van der Waals surface area (Å²) in [5, 5.41) is 0. The van der Waals surface area contributed by atoms with Gasteiger partial charge in [-0.15, -0.1) is 0 Å². The maximum atomic E-state index is 11.8. The Bertz CT molecular complexity index is 246. The molecule has 80 valence electrons. The van der Waals surface area contributed by atoms with Crippen molar-refractivity contribution in [2.75, 3.05) is 6.54 Å². The lowest BCUT2D eigenvalue weighted by Crippen LogP contribution is -2.42. The van der Waals surface area contributed by atoms with E-state index in [0.717, 1.165) is 0 Å². The van der Waals surface area contributed by atoms with Gasteiger partial charge in [-0.3, -0.25) is 14.5 Å². The molecule has 0 spiro atoms. The Kier molecular flexibility index (Phi) is 3.43. The van der Waals surface area contributed by atoms with Gasteiger partial charge in [0, 0.05) is 18.4 Å². The van der Waals surface area contributed by atoms with Crippen molar-refractivity contribution in [3.05, 3.63) is 0 Å². The minimum absolute atomic E-state index is 0.0205. The van der Waals surface area contributed by atoms with Gasteiger partial charge < -0.3 is 0 Å². The van der Waals surface area contributed by atoms with Crippen LogP contribution in [0.1, 0.15) is 34.1 Å². The molecule has 1 rings (SSSR count). The first-order chi connectivity index (χ1) is 6.43. The molecular formula is C11H19NO2. The van der Waals surface area contributed by atoms with Crippen LogP contribution in [0.5, 0.6) is 0 Å². The second-order valence-electron chi connectivity index (χ2n) is 4.58. The number of ketones is 2. The number of Topliss-reactive ketones (excluding diaryl/α,β-unsaturated/α-hetero) is 2. The normalized spacial score (nSPS) is 23.9. The van der Waals surface area contributed by atoms with E-state index >= 15 is 0 Å². The summed E-state index contributed by atoms with van der Waals surface area (Å²) in [6.07, 6.45) is 0.412. The van der Waals surface area contributed by atoms with Crippen LogP contribution in [0.25, 0.3) is 0 Å². The molecule has 1 saturated heterocycles. The Morgan fingerprint density at radius 2 is 1.93 bits per heavy atom. The average Bonchev–Trinajstić information content (AvgIpc) is 2.45. The summed E-state index contributed by atoms with van der Waals surface area (Å²) < 4.78 is 0. The van der Waals surface area contributed by atoms with Crippen LogP contribution in [0.4, 0.5) is 0 Å². The lowest BCUT2D eigenvalue weighted by Gasteiger charge is -2.27. The van der Waals surface area contributed by atoms with Crippen LogP contribution in [0.2, 0.25) is 0 Å². The van der Waals surface area contributed by atoms with Crippen LogP contribution in [0.3, 0.4) is 0 Å². The number of hydrogen-bond acceptors (Lipinski definition) is 3. The molecule has 0 aromatic rings. The van der Waals surface area contributed by atoms with Crippen molar-refractivity contribution in [1.82, 2.24) is 4.90 Å². The van der Waals surface area contributed by atoms with E-state index in [1.165, 1.54) is 0 Å². The van der Waals surface area contributed by atoms with E-state index in [9.17, 15) is 9.59 Å². The number of carbonyl (C=O) groups excluding carboxylic acids is 2. The van der Waals surface area contributed by atoms with Gasteiger partial charge in [-0.25, -0.2) is 0 Å². The van der Waals surface area contributed by atoms with E-state index in [0.29, 0.717) is 13.0 Å². The number of nitrogens with zero attached hydrogens (tertiary/aromatic N) is 1. The first-order valence-corrected chi connectivity index (χ1v) is 5.24. The summed E-state index contributed by atoms with van der Waals surface area (Å²) in [5.74, 6) is 0.411. The molecule has 0 aromatic heterocycles. The van der Waals surface area contributed by atoms with Gasteiger partial charge in [0.05, 0.1) is 12.6 Å². The monoisotopic (exact) mass is 197 g/mol. The van der Waals surface area contributed by atoms with Crippen molar-refractivity contribution in [3.63, 3.8) is 0 Å². The SMILES string of the molecule is CC(C)C(=O)[C@@H]1CC(=O)CN1C(C)C. The predicted molar refractivity (Wildman–Crippen MR) is 55.1 cm³/mol. The maximum Gasteiger partial charge on any atom is 0.152 e. The van der Waals surface area contributed by atoms with Crippen LogP contribution < -0.4 is 0 Å². The van der Waals surface area contributed by atoms with Gasteiger partial charge in [0.2, 0.25) is 0 Å². The van der Waals surface area contributed by atoms with Crippen molar-refractivity contribution < 1.29 is 9.59 Å². The van der Waals surface area contributed by atoms with Crippen molar-refractivity contribution in [2.45, 2.75) is 46.2 Å². The van der Waals surface area contributed by atoms with Gasteiger partial charge in [0.15, 0.2) is 5.78 Å². The van der Waals surface area contributed by atoms with Crippen molar-refractivity contribution in [2.24, 2.45) is 5.92 Å². The third-order valence-electron chi connectivity index (χ3n) is 2.74. The van der Waals surface area contributed by atoms with E-state index in [-0.39, 0.29) is 29.6 Å². The minimum atomic E-state index is -0.164. The molecule has 1 aliphatic rings. The summed E-state index contributed by atoms with van der Waals surface area (Å²) in [5.41, 5.74) is 0. The Hall–Kier alpha value is -0.700. The zero-order valence-corrected chi connectivity index (χ0v) is 9.41. The highest BCUT2D eigenvalue weighted by Crippen LogP contribution is 2.20. The van der Waals surface area contributed by atoms with Crippen LogP contribution in [0.15, 0.2) is 0 Å². The fraction of sp³-hybridized carbons (Fsp3) is 0.818. The molecule has 0 aliphatic carbocycles. The second-order valence-corrected chi connectivity index (χ2v) is 4.58. The molecular weight excluding hydrogens is 178 g/mol. The zero-order valence-electron chi connectivity index (χ0n) is 9.41. The van der Waals surface area contributed by atoms with Crippen LogP contribution in [-0.2, 0) is 9.59 Å². The van der Waals surface area contributed by atoms with Gasteiger partial charge in [0.1, 0.15) is 5.78 Å². The number of carbonyl (C=O) groups is 2. The topological polar surface area (TPSA) is 37.4 Å². The standard InChI is InChI=1S/C11H19NO2/c1-7(2)11(14)10-5-9(13)6-12(10)8(3)4/h7-8,10H,5-6H2,1-4H3/t10-/m0/s1. The summed E-state index contributed by atoms with van der Waals surface area (Å²) in [6.45, 7) is 8.28. The van der Waals surface area contributed by atoms with E-state index < -0.39 is 0 Å². The lowest BCUT2D eigenvalue weighted by atomic mass is 9.99. The number of likely N-dealkylation sites (tertiary alicyclic amines) is 1. The number of rotatable bonds is 3. The van der Waals surface area contributed by atoms with Gasteiger partial charge in [-0.2, -0.15) is 0 Å². The molecule has 0 amide bonds. The molecule has 0 radical (unpaired) electrons. The third-order valence-corrected chi connectivity index (χ3v) is 2.74. The molecule has 0 N–H and O–H groups in total. The quantitative estimate of drug-likeness (QED) is 0.683. The van der Waals surface area contributed by atoms with Gasteiger partial charge in [0.25, 0.3) is 0 Å². The Labute approximate surface area is 85.5 Å². The van der Waals surface area contributed by atoms with Crippen LogP contribution in [-0.4, -0.2) is 35.1 Å². The smallest absolute Gasteiger partial charge is 0.152 e. The van der Waals surface area contributed by atoms with Gasteiger partial charge >= 0.3 is 0 Å². The fourth-order valence-electron chi connectivity index (χ4n) is 1.90. The molecule has 3 nitrogen and oxygen atoms in total. The molecule has 1 atom stereocenters. The maximum absolute atomic E-state index is 11.8. The van der Waals surface area contributed by atoms with Crippen LogP contribution >= 0.6 is 0 Å². The fourth-order valence-corrected chi connectivity index (χ4v) is 1.90. The van der Waals surface area contributed by atoms with Crippen molar-refractivity contribution in [1.29, 1.82) is 0 Å². The Balaban J connectivity index is 2.76. The Morgan fingerprint density at radius 3 is 2.36 bits per heavy atom. The minimum Gasteiger partial charge on any atom is -0.298 e. The largest absolute Gasteiger partial charge is 0.298 e. The molecule has 1 fully saturated rings. The molecule has 14 heavy (non-hydrogen) atoms. The van der Waals surface area contributed by atoms with E-state index in [1.807, 2.05) is 32.6 Å². The summed E-state index contributed by atoms with van der Waals surface area (Å²) >= 11 is 0. The van der Waals surface area contributed by atoms with Crippen molar-refractivity contribution in [3.8, 4) is 0 Å². The average molecular weight is 197 g/mol. The first kappa shape index (κ1) is 11.4. The summed E-state index contributed by atoms with van der Waals surface area (Å²) in [6, 6.07) is 0.108. The summed E-state index contributed by atoms with van der Waals surface area (Å²) in [4.78, 5) is 25.1. The van der Waals surface area contributed by atoms with Crippen LogP contribution in [0, 0.1) is 5.92 Å². The molecule has 0 aromatic carbocycles. The lowest BCUT2D eigenvalue weighted by molar-refractivity contribution is -0.127. The third kappa shape index (κ3) is 2.21. The molecule has 1 aliphatic heterocycles. The van der Waals surface area contributed by atoms with Crippen molar-refractivity contribution >= 4 is 11.6 Å². The first-order valence-electron chi connectivity index (χ1n) is 5.24. The highest BCUT2D eigenvalue weighted by atomic mass is 16.1. The summed E-state index contributed by atoms with van der Waals surface area (Å²) in [7, 11) is 0. The highest BCUT2D eigenvalue weighted by Gasteiger charge is 2.37. The molecule has 0 unspecified atom stereocenters. The van der Waals surface area contributed by atoms with E-state index in [1.54, 1.807) is 0 Å². The predicted octanol–water partition coefficient (Wildman–Crippen LogP) is 1.26. The highest BCUT2D eigenvalue weighted by molar-refractivity contribution is 5.95. The van der Waals surface area contributed by atoms with E-state index in [4.69, 9.17) is 0 Å². The van der Waals surface area contributed by atoms with E-state index in [2.05, 4.69) is 0 Å². The van der Waals surface area contributed by atoms with Gasteiger partial charge in [-0.1, -0.05) is 13.8 Å². The Morgan fingerprint density at radius 1 is 1.36 bits per heavy atom. The number of hydrogen-bond donors (Lipinski definition) is 0.